The van der Waals surface area contributed by atoms with Gasteiger partial charge in [0.25, 0.3) is 0 Å². The fourth-order valence-electron chi connectivity index (χ4n) is 1.60. The predicted octanol–water partition coefficient (Wildman–Crippen LogP) is 1.23. The van der Waals surface area contributed by atoms with Gasteiger partial charge in [-0.25, -0.2) is 0 Å². The van der Waals surface area contributed by atoms with Crippen LogP contribution in [0, 0.1) is 0 Å². The zero-order valence-corrected chi connectivity index (χ0v) is 8.80. The quantitative estimate of drug-likeness (QED) is 0.740. The van der Waals surface area contributed by atoms with E-state index >= 15 is 0 Å². The first-order valence-corrected chi connectivity index (χ1v) is 5.01. The lowest BCUT2D eigenvalue weighted by molar-refractivity contribution is 0.623. The minimum Gasteiger partial charge on any atom is -0.319 e. The van der Waals surface area contributed by atoms with E-state index in [1.54, 1.807) is 0 Å². The molecule has 0 amide bonds. The van der Waals surface area contributed by atoms with Crippen LogP contribution in [0.25, 0.3) is 0 Å². The Morgan fingerprint density at radius 1 is 1.46 bits per heavy atom. The Labute approximate surface area is 80.1 Å². The highest BCUT2D eigenvalue weighted by Gasteiger charge is 2.06. The van der Waals surface area contributed by atoms with Crippen LogP contribution in [0.1, 0.15) is 25.1 Å². The van der Waals surface area contributed by atoms with Crippen molar-refractivity contribution in [3.05, 3.63) is 17.5 Å². The number of aryl methyl sites for hydroxylation is 1. The van der Waals surface area contributed by atoms with Crippen LogP contribution >= 0.6 is 0 Å². The molecule has 0 unspecified atom stereocenters. The lowest BCUT2D eigenvalue weighted by atomic mass is 10.1. The molecule has 0 saturated carbocycles. The molecule has 0 fully saturated rings. The maximum absolute atomic E-state index is 4.35. The molecule has 74 valence electrons. The molecule has 0 spiro atoms. The van der Waals surface area contributed by atoms with Crippen molar-refractivity contribution in [1.82, 2.24) is 15.1 Å². The number of nitrogens with zero attached hydrogens (tertiary/aromatic N) is 2. The van der Waals surface area contributed by atoms with E-state index in [0.29, 0.717) is 0 Å². The second-order valence-electron chi connectivity index (χ2n) is 3.14. The van der Waals surface area contributed by atoms with Crippen molar-refractivity contribution < 1.29 is 0 Å². The summed E-state index contributed by atoms with van der Waals surface area (Å²) >= 11 is 0. The largest absolute Gasteiger partial charge is 0.319 e. The van der Waals surface area contributed by atoms with E-state index in [1.165, 1.54) is 11.3 Å². The van der Waals surface area contributed by atoms with Crippen molar-refractivity contribution >= 4 is 0 Å². The van der Waals surface area contributed by atoms with Crippen LogP contribution in [0.5, 0.6) is 0 Å². The van der Waals surface area contributed by atoms with Gasteiger partial charge in [-0.3, -0.25) is 4.68 Å². The molecule has 0 aliphatic heterocycles. The zero-order chi connectivity index (χ0) is 9.68. The third-order valence-corrected chi connectivity index (χ3v) is 2.31. The highest BCUT2D eigenvalue weighted by Crippen LogP contribution is 2.09. The number of likely N-dealkylation sites (N-methyl/N-ethyl adjacent to an activating group) is 1. The molecule has 0 saturated heterocycles. The van der Waals surface area contributed by atoms with E-state index in [-0.39, 0.29) is 0 Å². The van der Waals surface area contributed by atoms with Gasteiger partial charge in [-0.05, 0) is 38.9 Å². The Kier molecular flexibility index (Phi) is 3.96. The number of rotatable bonds is 5. The SMILES string of the molecule is CCc1c(CCNC)cnn1CC. The van der Waals surface area contributed by atoms with Crippen LogP contribution in [0.4, 0.5) is 0 Å². The molecule has 1 heterocycles. The molecule has 0 aliphatic rings. The first-order valence-electron chi connectivity index (χ1n) is 5.01. The minimum atomic E-state index is 0.975. The Morgan fingerprint density at radius 2 is 2.23 bits per heavy atom. The fourth-order valence-corrected chi connectivity index (χ4v) is 1.60. The molecule has 1 N–H and O–H groups in total. The molecule has 0 atom stereocenters. The summed E-state index contributed by atoms with van der Waals surface area (Å²) in [7, 11) is 1.98. The van der Waals surface area contributed by atoms with Crippen molar-refractivity contribution in [2.75, 3.05) is 13.6 Å². The average Bonchev–Trinajstić information content (AvgIpc) is 2.56. The van der Waals surface area contributed by atoms with E-state index in [4.69, 9.17) is 0 Å². The molecule has 1 aromatic rings. The van der Waals surface area contributed by atoms with Gasteiger partial charge < -0.3 is 5.32 Å². The smallest absolute Gasteiger partial charge is 0.0525 e. The molecular weight excluding hydrogens is 162 g/mol. The van der Waals surface area contributed by atoms with Gasteiger partial charge in [-0.15, -0.1) is 0 Å². The maximum atomic E-state index is 4.35. The summed E-state index contributed by atoms with van der Waals surface area (Å²) in [5, 5.41) is 7.50. The maximum Gasteiger partial charge on any atom is 0.0525 e. The van der Waals surface area contributed by atoms with E-state index in [9.17, 15) is 0 Å². The Balaban J connectivity index is 2.75. The summed E-state index contributed by atoms with van der Waals surface area (Å²) in [6.07, 6.45) is 4.16. The van der Waals surface area contributed by atoms with E-state index in [1.807, 2.05) is 13.2 Å². The fraction of sp³-hybridized carbons (Fsp3) is 0.700. The van der Waals surface area contributed by atoms with Crippen LogP contribution in [0.15, 0.2) is 6.20 Å². The Hall–Kier alpha value is -0.830. The van der Waals surface area contributed by atoms with Crippen molar-refractivity contribution in [3.8, 4) is 0 Å². The Bertz CT molecular complexity index is 253. The third kappa shape index (κ3) is 2.31. The summed E-state index contributed by atoms with van der Waals surface area (Å²) in [5.41, 5.74) is 2.77. The van der Waals surface area contributed by atoms with E-state index in [0.717, 1.165) is 25.9 Å². The molecule has 3 heteroatoms. The van der Waals surface area contributed by atoms with Crippen molar-refractivity contribution in [3.63, 3.8) is 0 Å². The first kappa shape index (κ1) is 10.3. The summed E-state index contributed by atoms with van der Waals surface area (Å²) in [6, 6.07) is 0. The van der Waals surface area contributed by atoms with Crippen LogP contribution in [0.2, 0.25) is 0 Å². The number of aromatic nitrogens is 2. The van der Waals surface area contributed by atoms with Crippen molar-refractivity contribution in [2.24, 2.45) is 0 Å². The number of hydrogen-bond acceptors (Lipinski definition) is 2. The van der Waals surface area contributed by atoms with Gasteiger partial charge in [0.15, 0.2) is 0 Å². The summed E-state index contributed by atoms with van der Waals surface area (Å²) in [4.78, 5) is 0. The molecule has 3 nitrogen and oxygen atoms in total. The first-order chi connectivity index (χ1) is 6.33. The van der Waals surface area contributed by atoms with E-state index in [2.05, 4.69) is 28.9 Å². The van der Waals surface area contributed by atoms with Gasteiger partial charge in [0, 0.05) is 12.2 Å². The minimum absolute atomic E-state index is 0.975. The second kappa shape index (κ2) is 5.02. The van der Waals surface area contributed by atoms with E-state index < -0.39 is 0 Å². The lowest BCUT2D eigenvalue weighted by Gasteiger charge is -2.04. The van der Waals surface area contributed by atoms with Crippen LogP contribution in [-0.2, 0) is 19.4 Å². The van der Waals surface area contributed by atoms with Gasteiger partial charge in [0.2, 0.25) is 0 Å². The topological polar surface area (TPSA) is 29.9 Å². The highest BCUT2D eigenvalue weighted by molar-refractivity contribution is 5.18. The Morgan fingerprint density at radius 3 is 2.77 bits per heavy atom. The van der Waals surface area contributed by atoms with Crippen molar-refractivity contribution in [1.29, 1.82) is 0 Å². The molecule has 0 aromatic carbocycles. The predicted molar refractivity (Wildman–Crippen MR) is 54.9 cm³/mol. The molecular formula is C10H19N3. The van der Waals surface area contributed by atoms with Gasteiger partial charge in [-0.1, -0.05) is 6.92 Å². The molecule has 1 aromatic heterocycles. The highest BCUT2D eigenvalue weighted by atomic mass is 15.3. The second-order valence-corrected chi connectivity index (χ2v) is 3.14. The number of nitrogens with one attached hydrogen (secondary N) is 1. The zero-order valence-electron chi connectivity index (χ0n) is 8.80. The number of hydrogen-bond donors (Lipinski definition) is 1. The average molecular weight is 181 g/mol. The normalized spacial score (nSPS) is 10.7. The molecule has 0 bridgehead atoms. The van der Waals surface area contributed by atoms with Gasteiger partial charge >= 0.3 is 0 Å². The van der Waals surface area contributed by atoms with Crippen LogP contribution in [-0.4, -0.2) is 23.4 Å². The molecule has 1 rings (SSSR count). The van der Waals surface area contributed by atoms with Gasteiger partial charge in [0.1, 0.15) is 0 Å². The molecule has 0 aliphatic carbocycles. The third-order valence-electron chi connectivity index (χ3n) is 2.31. The van der Waals surface area contributed by atoms with Crippen LogP contribution < -0.4 is 5.32 Å². The summed E-state index contributed by atoms with van der Waals surface area (Å²) in [5.74, 6) is 0. The monoisotopic (exact) mass is 181 g/mol. The van der Waals surface area contributed by atoms with Gasteiger partial charge in [0.05, 0.1) is 6.20 Å². The van der Waals surface area contributed by atoms with Crippen LogP contribution in [0.3, 0.4) is 0 Å². The summed E-state index contributed by atoms with van der Waals surface area (Å²) < 4.78 is 2.09. The molecule has 13 heavy (non-hydrogen) atoms. The van der Waals surface area contributed by atoms with Crippen molar-refractivity contribution in [2.45, 2.75) is 33.2 Å². The van der Waals surface area contributed by atoms with Gasteiger partial charge in [-0.2, -0.15) is 5.10 Å². The lowest BCUT2D eigenvalue weighted by Crippen LogP contribution is -2.11. The standard InChI is InChI=1S/C10H19N3/c1-4-10-9(6-7-11-3)8-12-13(10)5-2/h8,11H,4-7H2,1-3H3. The molecule has 0 radical (unpaired) electrons. The summed E-state index contributed by atoms with van der Waals surface area (Å²) in [6.45, 7) is 6.32.